The second-order valence-electron chi connectivity index (χ2n) is 9.31. The quantitative estimate of drug-likeness (QED) is 0.611. The number of benzene rings is 2. The van der Waals surface area contributed by atoms with Gasteiger partial charge in [0.15, 0.2) is 0 Å². The third-order valence-corrected chi connectivity index (χ3v) is 9.48. The maximum atomic E-state index is 13.4. The third kappa shape index (κ3) is 3.73. The van der Waals surface area contributed by atoms with Gasteiger partial charge in [0.2, 0.25) is 10.0 Å². The molecular weight excluding hydrogens is 420 g/mol. The molecule has 0 amide bonds. The van der Waals surface area contributed by atoms with E-state index in [2.05, 4.69) is 29.6 Å². The molecule has 0 bridgehead atoms. The number of sulfonamides is 1. The van der Waals surface area contributed by atoms with Gasteiger partial charge in [-0.3, -0.25) is 0 Å². The van der Waals surface area contributed by atoms with Gasteiger partial charge in [-0.05, 0) is 66.6 Å². The molecule has 1 heterocycles. The number of ether oxygens (including phenoxy) is 1. The molecule has 0 radical (unpaired) electrons. The molecule has 1 saturated carbocycles. The topological polar surface area (TPSA) is 58.6 Å². The lowest BCUT2D eigenvalue weighted by atomic mass is 9.77. The van der Waals surface area contributed by atoms with Gasteiger partial charge in [-0.15, -0.1) is 0 Å². The minimum atomic E-state index is -3.51. The SMILES string of the molecule is COc1ccc(C2Nc3ccc(S(=O)(=O)N(C)C4CCCCC4)cc3C3C=CCC32)cc1. The van der Waals surface area contributed by atoms with Crippen molar-refractivity contribution in [2.75, 3.05) is 19.5 Å². The lowest BCUT2D eigenvalue weighted by Crippen LogP contribution is -2.38. The molecule has 5 rings (SSSR count). The smallest absolute Gasteiger partial charge is 0.243 e. The summed E-state index contributed by atoms with van der Waals surface area (Å²) in [6.45, 7) is 0. The zero-order valence-electron chi connectivity index (χ0n) is 18.8. The van der Waals surface area contributed by atoms with Crippen LogP contribution in [0, 0.1) is 5.92 Å². The summed E-state index contributed by atoms with van der Waals surface area (Å²) >= 11 is 0. The first-order chi connectivity index (χ1) is 15.5. The molecule has 0 saturated heterocycles. The van der Waals surface area contributed by atoms with E-state index < -0.39 is 10.0 Å². The summed E-state index contributed by atoms with van der Waals surface area (Å²) in [6.07, 6.45) is 10.8. The lowest BCUT2D eigenvalue weighted by molar-refractivity contribution is 0.286. The van der Waals surface area contributed by atoms with Crippen molar-refractivity contribution in [3.05, 3.63) is 65.7 Å². The van der Waals surface area contributed by atoms with E-state index in [1.165, 1.54) is 12.0 Å². The summed E-state index contributed by atoms with van der Waals surface area (Å²) in [6, 6.07) is 14.2. The molecule has 32 heavy (non-hydrogen) atoms. The van der Waals surface area contributed by atoms with Crippen LogP contribution in [0.1, 0.15) is 61.6 Å². The molecule has 1 N–H and O–H groups in total. The Morgan fingerprint density at radius 2 is 1.78 bits per heavy atom. The van der Waals surface area contributed by atoms with Gasteiger partial charge in [-0.25, -0.2) is 8.42 Å². The predicted octanol–water partition coefficient (Wildman–Crippen LogP) is 5.47. The molecule has 0 spiro atoms. The Kier molecular flexibility index (Phi) is 5.76. The van der Waals surface area contributed by atoms with Gasteiger partial charge in [0.25, 0.3) is 0 Å². The molecule has 3 unspecified atom stereocenters. The van der Waals surface area contributed by atoms with Gasteiger partial charge >= 0.3 is 0 Å². The molecule has 170 valence electrons. The number of nitrogens with one attached hydrogen (secondary N) is 1. The van der Waals surface area contributed by atoms with Crippen LogP contribution in [0.4, 0.5) is 5.69 Å². The number of hydrogen-bond donors (Lipinski definition) is 1. The number of anilines is 1. The highest BCUT2D eigenvalue weighted by Gasteiger charge is 2.39. The fourth-order valence-electron chi connectivity index (χ4n) is 5.68. The summed E-state index contributed by atoms with van der Waals surface area (Å²) in [7, 11) is -0.0767. The van der Waals surface area contributed by atoms with Gasteiger partial charge in [0, 0.05) is 24.7 Å². The minimum absolute atomic E-state index is 0.112. The Morgan fingerprint density at radius 3 is 2.50 bits per heavy atom. The van der Waals surface area contributed by atoms with Crippen LogP contribution in [0.15, 0.2) is 59.5 Å². The highest BCUT2D eigenvalue weighted by atomic mass is 32.2. The van der Waals surface area contributed by atoms with Crippen molar-refractivity contribution in [2.24, 2.45) is 5.92 Å². The second-order valence-corrected chi connectivity index (χ2v) is 11.3. The zero-order valence-corrected chi connectivity index (χ0v) is 19.6. The first-order valence-corrected chi connectivity index (χ1v) is 13.1. The van der Waals surface area contributed by atoms with Gasteiger partial charge in [-0.2, -0.15) is 4.31 Å². The molecule has 5 nitrogen and oxygen atoms in total. The van der Waals surface area contributed by atoms with Crippen LogP contribution in [0.3, 0.4) is 0 Å². The number of allylic oxidation sites excluding steroid dienone is 2. The van der Waals surface area contributed by atoms with Crippen LogP contribution >= 0.6 is 0 Å². The first kappa shape index (κ1) is 21.5. The molecule has 1 aliphatic heterocycles. The van der Waals surface area contributed by atoms with Crippen molar-refractivity contribution in [2.45, 2.75) is 61.4 Å². The van der Waals surface area contributed by atoms with E-state index in [0.717, 1.165) is 49.1 Å². The van der Waals surface area contributed by atoms with Crippen LogP contribution < -0.4 is 10.1 Å². The second kappa shape index (κ2) is 8.56. The molecule has 2 aromatic rings. The summed E-state index contributed by atoms with van der Waals surface area (Å²) in [5, 5.41) is 3.70. The lowest BCUT2D eigenvalue weighted by Gasteiger charge is -2.38. The Morgan fingerprint density at radius 1 is 1.03 bits per heavy atom. The van der Waals surface area contributed by atoms with E-state index in [9.17, 15) is 8.42 Å². The van der Waals surface area contributed by atoms with Crippen LogP contribution in [0.2, 0.25) is 0 Å². The maximum Gasteiger partial charge on any atom is 0.243 e. The molecule has 3 atom stereocenters. The van der Waals surface area contributed by atoms with Crippen LogP contribution in [-0.4, -0.2) is 32.9 Å². The van der Waals surface area contributed by atoms with E-state index in [-0.39, 0.29) is 18.0 Å². The van der Waals surface area contributed by atoms with Crippen LogP contribution in [0.25, 0.3) is 0 Å². The fraction of sp³-hybridized carbons (Fsp3) is 0.462. The highest BCUT2D eigenvalue weighted by Crippen LogP contribution is 2.50. The number of fused-ring (bicyclic) bond motifs is 3. The number of methoxy groups -OCH3 is 1. The Balaban J connectivity index is 1.46. The fourth-order valence-corrected chi connectivity index (χ4v) is 7.13. The Bertz CT molecular complexity index is 1100. The summed E-state index contributed by atoms with van der Waals surface area (Å²) in [5.41, 5.74) is 3.34. The van der Waals surface area contributed by atoms with Crippen molar-refractivity contribution in [1.82, 2.24) is 4.31 Å². The zero-order chi connectivity index (χ0) is 22.3. The van der Waals surface area contributed by atoms with E-state index >= 15 is 0 Å². The summed E-state index contributed by atoms with van der Waals surface area (Å²) in [4.78, 5) is 0.410. The van der Waals surface area contributed by atoms with Crippen molar-refractivity contribution >= 4 is 15.7 Å². The summed E-state index contributed by atoms with van der Waals surface area (Å²) < 4.78 is 33.8. The maximum absolute atomic E-state index is 13.4. The first-order valence-electron chi connectivity index (χ1n) is 11.7. The van der Waals surface area contributed by atoms with Crippen molar-refractivity contribution in [3.8, 4) is 5.75 Å². The highest BCUT2D eigenvalue weighted by molar-refractivity contribution is 7.89. The largest absolute Gasteiger partial charge is 0.497 e. The van der Waals surface area contributed by atoms with E-state index in [1.54, 1.807) is 24.5 Å². The van der Waals surface area contributed by atoms with Gasteiger partial charge in [0.05, 0.1) is 18.0 Å². The molecule has 3 aliphatic rings. The van der Waals surface area contributed by atoms with Gasteiger partial charge < -0.3 is 10.1 Å². The molecular formula is C26H32N2O3S. The standard InChI is InChI=1S/C26H32N2O3S/c1-28(19-7-4-3-5-8-19)32(29,30)21-15-16-25-24(17-21)22-9-6-10-23(22)26(27-25)18-11-13-20(31-2)14-12-18/h6,9,11-17,19,22-23,26-27H,3-5,7-8,10H2,1-2H3. The Hall–Kier alpha value is -2.31. The van der Waals surface area contributed by atoms with Crippen molar-refractivity contribution in [1.29, 1.82) is 0 Å². The Labute approximate surface area is 191 Å². The van der Waals surface area contributed by atoms with Crippen LogP contribution in [0.5, 0.6) is 5.75 Å². The monoisotopic (exact) mass is 452 g/mol. The number of hydrogen-bond acceptors (Lipinski definition) is 4. The normalized spacial score (nSPS) is 25.3. The average molecular weight is 453 g/mol. The third-order valence-electron chi connectivity index (χ3n) is 7.58. The summed E-state index contributed by atoms with van der Waals surface area (Å²) in [5.74, 6) is 1.43. The van der Waals surface area contributed by atoms with E-state index in [1.807, 2.05) is 24.3 Å². The predicted molar refractivity (Wildman–Crippen MR) is 128 cm³/mol. The number of nitrogens with zero attached hydrogens (tertiary/aromatic N) is 1. The average Bonchev–Trinajstić information content (AvgIpc) is 3.34. The minimum Gasteiger partial charge on any atom is -0.497 e. The molecule has 0 aromatic heterocycles. The van der Waals surface area contributed by atoms with Crippen molar-refractivity contribution in [3.63, 3.8) is 0 Å². The number of rotatable bonds is 5. The van der Waals surface area contributed by atoms with E-state index in [0.29, 0.717) is 10.8 Å². The van der Waals surface area contributed by atoms with Crippen molar-refractivity contribution < 1.29 is 13.2 Å². The molecule has 2 aromatic carbocycles. The van der Waals surface area contributed by atoms with Gasteiger partial charge in [0.1, 0.15) is 5.75 Å². The molecule has 2 aliphatic carbocycles. The van der Waals surface area contributed by atoms with Crippen LogP contribution in [-0.2, 0) is 10.0 Å². The molecule has 1 fully saturated rings. The van der Waals surface area contributed by atoms with Gasteiger partial charge in [-0.1, -0.05) is 43.5 Å². The molecule has 6 heteroatoms. The van der Waals surface area contributed by atoms with E-state index in [4.69, 9.17) is 4.74 Å².